The van der Waals surface area contributed by atoms with Crippen LogP contribution >= 0.6 is 0 Å². The summed E-state index contributed by atoms with van der Waals surface area (Å²) >= 11 is 0. The van der Waals surface area contributed by atoms with Crippen molar-refractivity contribution in [2.24, 2.45) is 5.92 Å². The molecule has 0 fully saturated rings. The highest BCUT2D eigenvalue weighted by molar-refractivity contribution is 6.09. The van der Waals surface area contributed by atoms with Gasteiger partial charge in [0.2, 0.25) is 0 Å². The average molecular weight is 191 g/mol. The van der Waals surface area contributed by atoms with E-state index < -0.39 is 11.9 Å². The standard InChI is InChI=1S/C11H13NO2/c1-2-9(11(13)14)10(12)8-6-4-3-5-7-8/h3-7,9,12H,2H2,1H3,(H,13,14). The smallest absolute Gasteiger partial charge is 0.312 e. The zero-order valence-corrected chi connectivity index (χ0v) is 8.03. The molecule has 1 rings (SSSR count). The Kier molecular flexibility index (Phi) is 3.40. The van der Waals surface area contributed by atoms with Crippen molar-refractivity contribution in [2.75, 3.05) is 0 Å². The van der Waals surface area contributed by atoms with E-state index in [1.165, 1.54) is 0 Å². The van der Waals surface area contributed by atoms with E-state index in [0.717, 1.165) is 0 Å². The molecule has 0 aliphatic carbocycles. The molecule has 3 heteroatoms. The molecular weight excluding hydrogens is 178 g/mol. The maximum atomic E-state index is 10.8. The van der Waals surface area contributed by atoms with Crippen molar-refractivity contribution in [3.05, 3.63) is 35.9 Å². The molecule has 0 aliphatic rings. The summed E-state index contributed by atoms with van der Waals surface area (Å²) in [4.78, 5) is 10.8. The van der Waals surface area contributed by atoms with Crippen molar-refractivity contribution in [3.8, 4) is 0 Å². The normalized spacial score (nSPS) is 12.1. The van der Waals surface area contributed by atoms with Gasteiger partial charge in [0.05, 0.1) is 11.6 Å². The lowest BCUT2D eigenvalue weighted by molar-refractivity contribution is -0.139. The van der Waals surface area contributed by atoms with Crippen LogP contribution in [0, 0.1) is 11.3 Å². The van der Waals surface area contributed by atoms with Crippen LogP contribution in [0.3, 0.4) is 0 Å². The first-order valence-corrected chi connectivity index (χ1v) is 4.53. The maximum absolute atomic E-state index is 10.8. The molecule has 74 valence electrons. The van der Waals surface area contributed by atoms with Crippen molar-refractivity contribution >= 4 is 11.7 Å². The summed E-state index contributed by atoms with van der Waals surface area (Å²) in [5.74, 6) is -1.63. The van der Waals surface area contributed by atoms with Crippen LogP contribution in [0.5, 0.6) is 0 Å². The molecule has 0 spiro atoms. The van der Waals surface area contributed by atoms with Gasteiger partial charge in [-0.3, -0.25) is 4.79 Å². The maximum Gasteiger partial charge on any atom is 0.312 e. The van der Waals surface area contributed by atoms with E-state index in [4.69, 9.17) is 10.5 Å². The van der Waals surface area contributed by atoms with Crippen molar-refractivity contribution < 1.29 is 9.90 Å². The third-order valence-corrected chi connectivity index (χ3v) is 2.14. The molecule has 0 saturated carbocycles. The Bertz CT molecular complexity index is 332. The Labute approximate surface area is 82.9 Å². The SMILES string of the molecule is CCC(C(=N)c1ccccc1)C(=O)O. The molecule has 0 radical (unpaired) electrons. The number of carboxylic acids is 1. The van der Waals surface area contributed by atoms with E-state index in [9.17, 15) is 4.79 Å². The number of aliphatic carboxylic acids is 1. The van der Waals surface area contributed by atoms with E-state index in [1.54, 1.807) is 31.2 Å². The van der Waals surface area contributed by atoms with Crippen molar-refractivity contribution in [1.29, 1.82) is 5.41 Å². The van der Waals surface area contributed by atoms with E-state index in [1.807, 2.05) is 6.07 Å². The molecule has 1 unspecified atom stereocenters. The van der Waals surface area contributed by atoms with Crippen LogP contribution in [-0.4, -0.2) is 16.8 Å². The van der Waals surface area contributed by atoms with Crippen LogP contribution in [0.2, 0.25) is 0 Å². The van der Waals surface area contributed by atoms with Crippen LogP contribution in [0.1, 0.15) is 18.9 Å². The van der Waals surface area contributed by atoms with E-state index in [2.05, 4.69) is 0 Å². The summed E-state index contributed by atoms with van der Waals surface area (Å²) in [6, 6.07) is 8.97. The highest BCUT2D eigenvalue weighted by atomic mass is 16.4. The lowest BCUT2D eigenvalue weighted by Crippen LogP contribution is -2.23. The topological polar surface area (TPSA) is 61.2 Å². The van der Waals surface area contributed by atoms with Gasteiger partial charge in [0, 0.05) is 0 Å². The van der Waals surface area contributed by atoms with Gasteiger partial charge in [0.1, 0.15) is 0 Å². The quantitative estimate of drug-likeness (QED) is 0.716. The molecular formula is C11H13NO2. The second-order valence-electron chi connectivity index (χ2n) is 3.08. The fraction of sp³-hybridized carbons (Fsp3) is 0.273. The zero-order chi connectivity index (χ0) is 10.6. The highest BCUT2D eigenvalue weighted by Gasteiger charge is 2.21. The summed E-state index contributed by atoms with van der Waals surface area (Å²) in [6.45, 7) is 1.77. The minimum atomic E-state index is -0.929. The predicted octanol–water partition coefficient (Wildman–Crippen LogP) is 2.17. The van der Waals surface area contributed by atoms with Crippen molar-refractivity contribution in [2.45, 2.75) is 13.3 Å². The average Bonchev–Trinajstić information content (AvgIpc) is 2.19. The highest BCUT2D eigenvalue weighted by Crippen LogP contribution is 2.12. The summed E-state index contributed by atoms with van der Waals surface area (Å²) in [5.41, 5.74) is 0.863. The molecule has 1 atom stereocenters. The van der Waals surface area contributed by atoms with Crippen molar-refractivity contribution in [3.63, 3.8) is 0 Å². The van der Waals surface area contributed by atoms with Crippen LogP contribution in [-0.2, 0) is 4.79 Å². The molecule has 3 nitrogen and oxygen atoms in total. The van der Waals surface area contributed by atoms with Gasteiger partial charge >= 0.3 is 5.97 Å². The molecule has 0 bridgehead atoms. The molecule has 14 heavy (non-hydrogen) atoms. The molecule has 0 heterocycles. The van der Waals surface area contributed by atoms with Gasteiger partial charge in [-0.2, -0.15) is 0 Å². The first-order chi connectivity index (χ1) is 6.66. The number of carboxylic acid groups (broad SMARTS) is 1. The Hall–Kier alpha value is -1.64. The van der Waals surface area contributed by atoms with Gasteiger partial charge < -0.3 is 10.5 Å². The van der Waals surface area contributed by atoms with Gasteiger partial charge in [0.15, 0.2) is 0 Å². The molecule has 2 N–H and O–H groups in total. The minimum Gasteiger partial charge on any atom is -0.481 e. The fourth-order valence-corrected chi connectivity index (χ4v) is 1.32. The number of rotatable bonds is 4. The molecule has 0 aromatic heterocycles. The second kappa shape index (κ2) is 4.56. The second-order valence-corrected chi connectivity index (χ2v) is 3.08. The Morgan fingerprint density at radius 2 is 2.00 bits per heavy atom. The van der Waals surface area contributed by atoms with Crippen LogP contribution in [0.4, 0.5) is 0 Å². The summed E-state index contributed by atoms with van der Waals surface area (Å²) in [6.07, 6.45) is 0.447. The number of benzene rings is 1. The van der Waals surface area contributed by atoms with Crippen molar-refractivity contribution in [1.82, 2.24) is 0 Å². The Morgan fingerprint density at radius 1 is 1.43 bits per heavy atom. The summed E-state index contributed by atoms with van der Waals surface area (Å²) in [7, 11) is 0. The largest absolute Gasteiger partial charge is 0.481 e. The van der Waals surface area contributed by atoms with Gasteiger partial charge in [-0.05, 0) is 12.0 Å². The molecule has 0 saturated heterocycles. The number of hydrogen-bond acceptors (Lipinski definition) is 2. The number of hydrogen-bond donors (Lipinski definition) is 2. The van der Waals surface area contributed by atoms with Gasteiger partial charge in [0.25, 0.3) is 0 Å². The van der Waals surface area contributed by atoms with Gasteiger partial charge in [-0.15, -0.1) is 0 Å². The zero-order valence-electron chi connectivity index (χ0n) is 8.03. The lowest BCUT2D eigenvalue weighted by atomic mass is 9.95. The molecule has 0 aliphatic heterocycles. The van der Waals surface area contributed by atoms with Gasteiger partial charge in [-0.25, -0.2) is 0 Å². The first-order valence-electron chi connectivity index (χ1n) is 4.53. The van der Waals surface area contributed by atoms with Gasteiger partial charge in [-0.1, -0.05) is 37.3 Å². The van der Waals surface area contributed by atoms with E-state index >= 15 is 0 Å². The monoisotopic (exact) mass is 191 g/mol. The Balaban J connectivity index is 2.89. The van der Waals surface area contributed by atoms with Crippen LogP contribution < -0.4 is 0 Å². The minimum absolute atomic E-state index is 0.181. The molecule has 0 amide bonds. The van der Waals surface area contributed by atoms with E-state index in [-0.39, 0.29) is 5.71 Å². The van der Waals surface area contributed by atoms with E-state index in [0.29, 0.717) is 12.0 Å². The molecule has 1 aromatic rings. The third-order valence-electron chi connectivity index (χ3n) is 2.14. The lowest BCUT2D eigenvalue weighted by Gasteiger charge is -2.11. The number of carbonyl (C=O) groups is 1. The molecule has 1 aromatic carbocycles. The fourth-order valence-electron chi connectivity index (χ4n) is 1.32. The summed E-state index contributed by atoms with van der Waals surface area (Å²) in [5, 5.41) is 16.6. The van der Waals surface area contributed by atoms with Crippen LogP contribution in [0.15, 0.2) is 30.3 Å². The summed E-state index contributed by atoms with van der Waals surface area (Å²) < 4.78 is 0. The predicted molar refractivity (Wildman–Crippen MR) is 54.7 cm³/mol. The third kappa shape index (κ3) is 2.19. The first kappa shape index (κ1) is 10.4. The number of nitrogens with one attached hydrogen (secondary N) is 1. The Morgan fingerprint density at radius 3 is 2.43 bits per heavy atom. The van der Waals surface area contributed by atoms with Crippen LogP contribution in [0.25, 0.3) is 0 Å².